The number of nitrogens with zero attached hydrogens (tertiary/aromatic N) is 3. The number of aryl methyl sites for hydroxylation is 2. The first-order chi connectivity index (χ1) is 10.1. The zero-order valence-corrected chi connectivity index (χ0v) is 13.0. The molecular weight excluding hydrogens is 266 g/mol. The van der Waals surface area contributed by atoms with Gasteiger partial charge in [0.25, 0.3) is 5.91 Å². The second-order valence-corrected chi connectivity index (χ2v) is 6.69. The molecule has 1 aromatic rings. The number of carbonyl (C=O) groups is 1. The van der Waals surface area contributed by atoms with Gasteiger partial charge in [-0.1, -0.05) is 13.3 Å². The molecule has 2 atom stereocenters. The average Bonchev–Trinajstić information content (AvgIpc) is 3.10. The average molecular weight is 291 g/mol. The number of amides is 1. The fraction of sp³-hybridized carbons (Fsp3) is 0.750. The Bertz CT molecular complexity index is 540. The van der Waals surface area contributed by atoms with E-state index in [1.54, 1.807) is 0 Å². The van der Waals surface area contributed by atoms with Gasteiger partial charge in [-0.05, 0) is 32.1 Å². The zero-order chi connectivity index (χ0) is 15.0. The SMILES string of the molecule is CCCn1cc(C(=O)N2C[C@H]3CCC[C@@]3(CO)C2)c(C)n1. The summed E-state index contributed by atoms with van der Waals surface area (Å²) in [6.45, 7) is 6.54. The van der Waals surface area contributed by atoms with E-state index in [1.807, 2.05) is 22.7 Å². The minimum Gasteiger partial charge on any atom is -0.396 e. The first-order valence-corrected chi connectivity index (χ1v) is 8.04. The van der Waals surface area contributed by atoms with Crippen molar-refractivity contribution in [1.29, 1.82) is 0 Å². The molecule has 1 N–H and O–H groups in total. The zero-order valence-electron chi connectivity index (χ0n) is 13.0. The van der Waals surface area contributed by atoms with Crippen molar-refractivity contribution < 1.29 is 9.90 Å². The van der Waals surface area contributed by atoms with Crippen molar-refractivity contribution in [1.82, 2.24) is 14.7 Å². The predicted molar refractivity (Wildman–Crippen MR) is 80.0 cm³/mol. The number of hydrogen-bond acceptors (Lipinski definition) is 3. The third-order valence-corrected chi connectivity index (χ3v) is 5.27. The fourth-order valence-electron chi connectivity index (χ4n) is 4.07. The van der Waals surface area contributed by atoms with E-state index < -0.39 is 0 Å². The Morgan fingerprint density at radius 3 is 3.05 bits per heavy atom. The van der Waals surface area contributed by atoms with Gasteiger partial charge in [-0.3, -0.25) is 9.48 Å². The minimum absolute atomic E-state index is 0.0387. The minimum atomic E-state index is -0.0387. The van der Waals surface area contributed by atoms with E-state index in [2.05, 4.69) is 12.0 Å². The summed E-state index contributed by atoms with van der Waals surface area (Å²) in [6, 6.07) is 0. The molecule has 1 saturated heterocycles. The van der Waals surface area contributed by atoms with E-state index >= 15 is 0 Å². The summed E-state index contributed by atoms with van der Waals surface area (Å²) in [5.41, 5.74) is 1.49. The molecule has 21 heavy (non-hydrogen) atoms. The molecule has 1 aliphatic carbocycles. The smallest absolute Gasteiger partial charge is 0.257 e. The number of aliphatic hydroxyl groups excluding tert-OH is 1. The summed E-state index contributed by atoms with van der Waals surface area (Å²) >= 11 is 0. The first-order valence-electron chi connectivity index (χ1n) is 8.04. The fourth-order valence-corrected chi connectivity index (χ4v) is 4.07. The maximum Gasteiger partial charge on any atom is 0.257 e. The van der Waals surface area contributed by atoms with E-state index in [4.69, 9.17) is 0 Å². The van der Waals surface area contributed by atoms with Crippen molar-refractivity contribution >= 4 is 5.91 Å². The maximum absolute atomic E-state index is 12.8. The van der Waals surface area contributed by atoms with E-state index in [0.29, 0.717) is 12.5 Å². The molecule has 2 heterocycles. The molecule has 2 fully saturated rings. The van der Waals surface area contributed by atoms with E-state index in [-0.39, 0.29) is 17.9 Å². The highest BCUT2D eigenvalue weighted by Gasteiger charge is 2.50. The van der Waals surface area contributed by atoms with Crippen LogP contribution in [0.15, 0.2) is 6.20 Å². The predicted octanol–water partition coefficient (Wildman–Crippen LogP) is 1.84. The number of rotatable bonds is 4. The summed E-state index contributed by atoms with van der Waals surface area (Å²) in [5, 5.41) is 14.2. The molecular formula is C16H25N3O2. The molecule has 1 amide bonds. The molecule has 5 nitrogen and oxygen atoms in total. The number of likely N-dealkylation sites (tertiary alicyclic amines) is 1. The molecule has 1 aliphatic heterocycles. The number of carbonyl (C=O) groups excluding carboxylic acids is 1. The van der Waals surface area contributed by atoms with Crippen molar-refractivity contribution in [2.45, 2.75) is 46.1 Å². The van der Waals surface area contributed by atoms with Crippen LogP contribution in [0.25, 0.3) is 0 Å². The standard InChI is InChI=1S/C16H25N3O2/c1-3-7-19-9-14(12(2)17-19)15(21)18-8-13-5-4-6-16(13,10-18)11-20/h9,13,20H,3-8,10-11H2,1-2H3/t13-,16+/m1/s1. The highest BCUT2D eigenvalue weighted by molar-refractivity contribution is 5.95. The molecule has 0 radical (unpaired) electrons. The van der Waals surface area contributed by atoms with Crippen LogP contribution in [0, 0.1) is 18.3 Å². The lowest BCUT2D eigenvalue weighted by Gasteiger charge is -2.25. The second-order valence-electron chi connectivity index (χ2n) is 6.69. The normalized spacial score (nSPS) is 28.1. The van der Waals surface area contributed by atoms with Crippen molar-refractivity contribution in [3.05, 3.63) is 17.5 Å². The summed E-state index contributed by atoms with van der Waals surface area (Å²) in [7, 11) is 0. The molecule has 2 aliphatic rings. The summed E-state index contributed by atoms with van der Waals surface area (Å²) in [5.74, 6) is 0.550. The third kappa shape index (κ3) is 2.37. The Morgan fingerprint density at radius 1 is 1.57 bits per heavy atom. The third-order valence-electron chi connectivity index (χ3n) is 5.27. The Kier molecular flexibility index (Phi) is 3.78. The lowest BCUT2D eigenvalue weighted by atomic mass is 9.82. The molecule has 0 aromatic carbocycles. The van der Waals surface area contributed by atoms with Crippen LogP contribution in [0.3, 0.4) is 0 Å². The van der Waals surface area contributed by atoms with Gasteiger partial charge in [-0.2, -0.15) is 5.10 Å². The first kappa shape index (κ1) is 14.6. The van der Waals surface area contributed by atoms with Crippen LogP contribution in [0.4, 0.5) is 0 Å². The van der Waals surface area contributed by atoms with Gasteiger partial charge in [-0.25, -0.2) is 0 Å². The van der Waals surface area contributed by atoms with Crippen molar-refractivity contribution in [3.8, 4) is 0 Å². The second kappa shape index (κ2) is 5.44. The molecule has 3 rings (SSSR count). The summed E-state index contributed by atoms with van der Waals surface area (Å²) in [4.78, 5) is 14.7. The highest BCUT2D eigenvalue weighted by Crippen LogP contribution is 2.48. The van der Waals surface area contributed by atoms with Crippen molar-refractivity contribution in [3.63, 3.8) is 0 Å². The number of hydrogen-bond donors (Lipinski definition) is 1. The number of fused-ring (bicyclic) bond motifs is 1. The van der Waals surface area contributed by atoms with Crippen molar-refractivity contribution in [2.24, 2.45) is 11.3 Å². The lowest BCUT2D eigenvalue weighted by molar-refractivity contribution is 0.0733. The molecule has 1 aromatic heterocycles. The number of aromatic nitrogens is 2. The Hall–Kier alpha value is -1.36. The molecule has 0 spiro atoms. The monoisotopic (exact) mass is 291 g/mol. The van der Waals surface area contributed by atoms with Crippen LogP contribution in [-0.4, -0.2) is 45.4 Å². The summed E-state index contributed by atoms with van der Waals surface area (Å²) < 4.78 is 1.86. The Balaban J connectivity index is 1.77. The highest BCUT2D eigenvalue weighted by atomic mass is 16.3. The molecule has 0 unspecified atom stereocenters. The molecule has 0 bridgehead atoms. The topological polar surface area (TPSA) is 58.4 Å². The van der Waals surface area contributed by atoms with Crippen LogP contribution < -0.4 is 0 Å². The van der Waals surface area contributed by atoms with Crippen LogP contribution >= 0.6 is 0 Å². The van der Waals surface area contributed by atoms with Gasteiger partial charge >= 0.3 is 0 Å². The van der Waals surface area contributed by atoms with E-state index in [0.717, 1.165) is 43.6 Å². The van der Waals surface area contributed by atoms with Gasteiger partial charge in [-0.15, -0.1) is 0 Å². The molecule has 5 heteroatoms. The maximum atomic E-state index is 12.8. The number of aliphatic hydroxyl groups is 1. The van der Waals surface area contributed by atoms with Crippen LogP contribution in [0.2, 0.25) is 0 Å². The van der Waals surface area contributed by atoms with Gasteiger partial charge < -0.3 is 10.0 Å². The van der Waals surface area contributed by atoms with E-state index in [9.17, 15) is 9.90 Å². The largest absolute Gasteiger partial charge is 0.396 e. The van der Waals surface area contributed by atoms with Crippen LogP contribution in [0.1, 0.15) is 48.7 Å². The van der Waals surface area contributed by atoms with Crippen LogP contribution in [0.5, 0.6) is 0 Å². The lowest BCUT2D eigenvalue weighted by Crippen LogP contribution is -2.34. The molecule has 1 saturated carbocycles. The molecule has 116 valence electrons. The summed E-state index contributed by atoms with van der Waals surface area (Å²) in [6.07, 6.45) is 6.25. The van der Waals surface area contributed by atoms with Gasteiger partial charge in [0.05, 0.1) is 17.9 Å². The van der Waals surface area contributed by atoms with Gasteiger partial charge in [0.15, 0.2) is 0 Å². The van der Waals surface area contributed by atoms with Crippen molar-refractivity contribution in [2.75, 3.05) is 19.7 Å². The van der Waals surface area contributed by atoms with E-state index in [1.165, 1.54) is 6.42 Å². The quantitative estimate of drug-likeness (QED) is 0.921. The van der Waals surface area contributed by atoms with Crippen LogP contribution in [-0.2, 0) is 6.54 Å². The van der Waals surface area contributed by atoms with Gasteiger partial charge in [0.2, 0.25) is 0 Å². The van der Waals surface area contributed by atoms with Gasteiger partial charge in [0.1, 0.15) is 0 Å². The Morgan fingerprint density at radius 2 is 2.38 bits per heavy atom. The Labute approximate surface area is 125 Å². The van der Waals surface area contributed by atoms with Gasteiger partial charge in [0, 0.05) is 31.2 Å².